The van der Waals surface area contributed by atoms with Crippen molar-refractivity contribution in [3.05, 3.63) is 63.9 Å². The van der Waals surface area contributed by atoms with E-state index in [1.54, 1.807) is 44.2 Å². The third-order valence-corrected chi connectivity index (χ3v) is 5.19. The number of hydrogen-bond acceptors (Lipinski definition) is 3. The van der Waals surface area contributed by atoms with Crippen molar-refractivity contribution in [1.29, 1.82) is 0 Å². The molecule has 1 N–H and O–H groups in total. The number of carbonyl (C=O) groups excluding carboxylic acids is 2. The molecule has 2 aromatic rings. The summed E-state index contributed by atoms with van der Waals surface area (Å²) in [6.45, 7) is 7.23. The monoisotopic (exact) mass is 420 g/mol. The molecule has 2 rings (SSSR count). The average molecular weight is 421 g/mol. The third kappa shape index (κ3) is 5.94. The Morgan fingerprint density at radius 1 is 1.21 bits per heavy atom. The Hall–Kier alpha value is -2.60. The molecule has 0 saturated heterocycles. The van der Waals surface area contributed by atoms with Gasteiger partial charge >= 0.3 is 0 Å². The molecule has 7 heteroatoms. The molecule has 0 bridgehead atoms. The molecule has 29 heavy (non-hydrogen) atoms. The van der Waals surface area contributed by atoms with E-state index in [9.17, 15) is 14.0 Å². The van der Waals surface area contributed by atoms with Gasteiger partial charge in [-0.1, -0.05) is 29.8 Å². The zero-order chi connectivity index (χ0) is 21.6. The Bertz CT molecular complexity index is 865. The van der Waals surface area contributed by atoms with Crippen molar-refractivity contribution >= 4 is 23.4 Å². The van der Waals surface area contributed by atoms with E-state index >= 15 is 0 Å². The summed E-state index contributed by atoms with van der Waals surface area (Å²) < 4.78 is 19.8. The molecule has 0 unspecified atom stereocenters. The van der Waals surface area contributed by atoms with Crippen LogP contribution in [0.25, 0.3) is 0 Å². The van der Waals surface area contributed by atoms with E-state index in [1.807, 2.05) is 13.8 Å². The van der Waals surface area contributed by atoms with E-state index in [0.29, 0.717) is 22.9 Å². The Balaban J connectivity index is 2.19. The number of likely N-dealkylation sites (N-methyl/N-ethyl adjacent to an activating group) is 1. The third-order valence-electron chi connectivity index (χ3n) is 4.59. The Morgan fingerprint density at radius 3 is 2.41 bits per heavy atom. The molecule has 5 nitrogen and oxygen atoms in total. The van der Waals surface area contributed by atoms with Crippen molar-refractivity contribution in [3.63, 3.8) is 0 Å². The Morgan fingerprint density at radius 2 is 1.83 bits per heavy atom. The van der Waals surface area contributed by atoms with Crippen molar-refractivity contribution in [2.24, 2.45) is 0 Å². The van der Waals surface area contributed by atoms with Gasteiger partial charge in [-0.3, -0.25) is 9.59 Å². The van der Waals surface area contributed by atoms with E-state index in [0.717, 1.165) is 11.1 Å². The summed E-state index contributed by atoms with van der Waals surface area (Å²) in [5.74, 6) is -0.653. The Labute approximate surface area is 175 Å². The number of halogens is 2. The summed E-state index contributed by atoms with van der Waals surface area (Å²) in [4.78, 5) is 26.5. The average Bonchev–Trinajstić information content (AvgIpc) is 2.69. The predicted molar refractivity (Wildman–Crippen MR) is 112 cm³/mol. The SMILES string of the molecule is CCNC(=O)[C@H](C)N(Cc1ccccc1F)C(=O)COc1cc(C)c(Cl)c(C)c1. The lowest BCUT2D eigenvalue weighted by Gasteiger charge is -2.28. The zero-order valence-corrected chi connectivity index (χ0v) is 17.8. The van der Waals surface area contributed by atoms with Gasteiger partial charge in [0.2, 0.25) is 5.91 Å². The highest BCUT2D eigenvalue weighted by Crippen LogP contribution is 2.26. The molecule has 1 atom stereocenters. The first-order chi connectivity index (χ1) is 13.7. The molecule has 0 fully saturated rings. The quantitative estimate of drug-likeness (QED) is 0.701. The van der Waals surface area contributed by atoms with Crippen molar-refractivity contribution < 1.29 is 18.7 Å². The lowest BCUT2D eigenvalue weighted by Crippen LogP contribution is -2.49. The summed E-state index contributed by atoms with van der Waals surface area (Å²) in [5, 5.41) is 3.34. The second-order valence-corrected chi connectivity index (χ2v) is 7.22. The molecule has 0 aliphatic carbocycles. The molecule has 0 radical (unpaired) electrons. The predicted octanol–water partition coefficient (Wildman–Crippen LogP) is 4.03. The van der Waals surface area contributed by atoms with Crippen LogP contribution in [-0.2, 0) is 16.1 Å². The number of rotatable bonds is 8. The van der Waals surface area contributed by atoms with Crippen LogP contribution in [0.2, 0.25) is 5.02 Å². The highest BCUT2D eigenvalue weighted by Gasteiger charge is 2.27. The van der Waals surface area contributed by atoms with Crippen LogP contribution < -0.4 is 10.1 Å². The van der Waals surface area contributed by atoms with Crippen LogP contribution in [0, 0.1) is 19.7 Å². The minimum Gasteiger partial charge on any atom is -0.484 e. The second-order valence-electron chi connectivity index (χ2n) is 6.84. The molecule has 2 amide bonds. The van der Waals surface area contributed by atoms with Gasteiger partial charge in [-0.15, -0.1) is 0 Å². The van der Waals surface area contributed by atoms with Gasteiger partial charge < -0.3 is 15.0 Å². The van der Waals surface area contributed by atoms with Gasteiger partial charge in [0.25, 0.3) is 5.91 Å². The summed E-state index contributed by atoms with van der Waals surface area (Å²) in [6, 6.07) is 8.89. The highest BCUT2D eigenvalue weighted by atomic mass is 35.5. The van der Waals surface area contributed by atoms with Crippen LogP contribution in [0.4, 0.5) is 4.39 Å². The fourth-order valence-corrected chi connectivity index (χ4v) is 3.04. The molecular formula is C22H26ClFN2O3. The maximum Gasteiger partial charge on any atom is 0.261 e. The van der Waals surface area contributed by atoms with E-state index in [2.05, 4.69) is 5.32 Å². The molecule has 0 aliphatic heterocycles. The topological polar surface area (TPSA) is 58.6 Å². The number of benzene rings is 2. The fraction of sp³-hybridized carbons (Fsp3) is 0.364. The number of carbonyl (C=O) groups is 2. The number of ether oxygens (including phenoxy) is 1. The van der Waals surface area contributed by atoms with Gasteiger partial charge in [-0.25, -0.2) is 4.39 Å². The standard InChI is InChI=1S/C22H26ClFN2O3/c1-5-25-22(28)16(4)26(12-17-8-6-7-9-19(17)24)20(27)13-29-18-10-14(2)21(23)15(3)11-18/h6-11,16H,5,12-13H2,1-4H3,(H,25,28)/t16-/m0/s1. The first kappa shape index (κ1) is 22.7. The molecule has 0 saturated carbocycles. The minimum atomic E-state index is -0.778. The molecule has 0 spiro atoms. The lowest BCUT2D eigenvalue weighted by molar-refractivity contribution is -0.142. The van der Waals surface area contributed by atoms with Crippen LogP contribution in [0.15, 0.2) is 36.4 Å². The summed E-state index contributed by atoms with van der Waals surface area (Å²) in [5.41, 5.74) is 2.01. The lowest BCUT2D eigenvalue weighted by atomic mass is 10.1. The molecule has 0 aliphatic rings. The highest BCUT2D eigenvalue weighted by molar-refractivity contribution is 6.32. The first-order valence-electron chi connectivity index (χ1n) is 9.44. The van der Waals surface area contributed by atoms with E-state index < -0.39 is 17.8 Å². The first-order valence-corrected chi connectivity index (χ1v) is 9.82. The number of aryl methyl sites for hydroxylation is 2. The van der Waals surface area contributed by atoms with E-state index in [4.69, 9.17) is 16.3 Å². The van der Waals surface area contributed by atoms with Crippen LogP contribution in [-0.4, -0.2) is 35.9 Å². The fourth-order valence-electron chi connectivity index (χ4n) is 2.93. The van der Waals surface area contributed by atoms with Gasteiger partial charge in [0.15, 0.2) is 6.61 Å². The van der Waals surface area contributed by atoms with Crippen LogP contribution in [0.1, 0.15) is 30.5 Å². The van der Waals surface area contributed by atoms with E-state index in [1.165, 1.54) is 11.0 Å². The minimum absolute atomic E-state index is 0.0359. The number of nitrogens with one attached hydrogen (secondary N) is 1. The van der Waals surface area contributed by atoms with Crippen molar-refractivity contribution in [3.8, 4) is 5.75 Å². The molecule has 156 valence electrons. The van der Waals surface area contributed by atoms with Gasteiger partial charge in [-0.2, -0.15) is 0 Å². The normalized spacial score (nSPS) is 11.7. The molecule has 0 aromatic heterocycles. The summed E-state index contributed by atoms with van der Waals surface area (Å²) in [6.07, 6.45) is 0. The number of nitrogens with zero attached hydrogens (tertiary/aromatic N) is 1. The summed E-state index contributed by atoms with van der Waals surface area (Å²) >= 11 is 6.16. The molecule has 0 heterocycles. The van der Waals surface area contributed by atoms with Gasteiger partial charge in [0.1, 0.15) is 17.6 Å². The van der Waals surface area contributed by atoms with Crippen molar-refractivity contribution in [2.45, 2.75) is 40.3 Å². The molecule has 2 aromatic carbocycles. The maximum atomic E-state index is 14.1. The van der Waals surface area contributed by atoms with Crippen molar-refractivity contribution in [1.82, 2.24) is 10.2 Å². The van der Waals surface area contributed by atoms with Gasteiger partial charge in [-0.05, 0) is 57.0 Å². The zero-order valence-electron chi connectivity index (χ0n) is 17.1. The number of amides is 2. The van der Waals surface area contributed by atoms with E-state index in [-0.39, 0.29) is 19.1 Å². The molecular weight excluding hydrogens is 395 g/mol. The van der Waals surface area contributed by atoms with Crippen LogP contribution in [0.5, 0.6) is 5.75 Å². The largest absolute Gasteiger partial charge is 0.484 e. The number of hydrogen-bond donors (Lipinski definition) is 1. The van der Waals surface area contributed by atoms with Crippen LogP contribution in [0.3, 0.4) is 0 Å². The van der Waals surface area contributed by atoms with Crippen LogP contribution >= 0.6 is 11.6 Å². The van der Waals surface area contributed by atoms with Gasteiger partial charge in [0, 0.05) is 23.7 Å². The smallest absolute Gasteiger partial charge is 0.261 e. The summed E-state index contributed by atoms with van der Waals surface area (Å²) in [7, 11) is 0. The maximum absolute atomic E-state index is 14.1. The second kappa shape index (κ2) is 10.3. The van der Waals surface area contributed by atoms with Crippen molar-refractivity contribution in [2.75, 3.05) is 13.2 Å². The van der Waals surface area contributed by atoms with Gasteiger partial charge in [0.05, 0.1) is 0 Å². The Kier molecular flexibility index (Phi) is 8.02.